The van der Waals surface area contributed by atoms with E-state index in [1.807, 2.05) is 19.1 Å². The average molecular weight is 371 g/mol. The Morgan fingerprint density at radius 2 is 1.50 bits per heavy atom. The number of ether oxygens (including phenoxy) is 1. The molecule has 0 amide bonds. The summed E-state index contributed by atoms with van der Waals surface area (Å²) in [5.74, 6) is -0.240. The van der Waals surface area contributed by atoms with Crippen LogP contribution in [-0.4, -0.2) is 30.8 Å². The predicted octanol–water partition coefficient (Wildman–Crippen LogP) is 3.69. The molecule has 1 unspecified atom stereocenters. The van der Waals surface area contributed by atoms with E-state index < -0.39 is 7.92 Å². The van der Waals surface area contributed by atoms with Crippen molar-refractivity contribution in [2.75, 3.05) is 19.3 Å². The molecule has 0 aromatic heterocycles. The second-order valence-electron chi connectivity index (χ2n) is 7.53. The zero-order valence-electron chi connectivity index (χ0n) is 16.2. The summed E-state index contributed by atoms with van der Waals surface area (Å²) in [4.78, 5) is 12.4. The van der Waals surface area contributed by atoms with Gasteiger partial charge in [0.25, 0.3) is 0 Å². The van der Waals surface area contributed by atoms with E-state index in [0.29, 0.717) is 13.2 Å². The van der Waals surface area contributed by atoms with E-state index in [9.17, 15) is 4.79 Å². The SMILES string of the molecule is CC(CP(c1ccccc1)c1ccccc1)C(=O)OCCNC(C)(C)C. The van der Waals surface area contributed by atoms with Crippen LogP contribution in [0.5, 0.6) is 0 Å². The maximum atomic E-state index is 12.4. The Kier molecular flexibility index (Phi) is 7.81. The lowest BCUT2D eigenvalue weighted by Gasteiger charge is -2.23. The minimum absolute atomic E-state index is 0.0347. The molecule has 0 saturated carbocycles. The Morgan fingerprint density at radius 1 is 1.00 bits per heavy atom. The van der Waals surface area contributed by atoms with Crippen molar-refractivity contribution >= 4 is 24.5 Å². The second-order valence-corrected chi connectivity index (χ2v) is 9.78. The third-order valence-corrected chi connectivity index (χ3v) is 6.75. The molecule has 0 fully saturated rings. The predicted molar refractivity (Wildman–Crippen MR) is 112 cm³/mol. The number of hydrogen-bond acceptors (Lipinski definition) is 3. The van der Waals surface area contributed by atoms with Gasteiger partial charge in [-0.15, -0.1) is 0 Å². The molecule has 140 valence electrons. The first-order valence-corrected chi connectivity index (χ1v) is 10.7. The number of benzene rings is 2. The molecule has 2 rings (SSSR count). The van der Waals surface area contributed by atoms with Gasteiger partial charge in [0.05, 0.1) is 5.92 Å². The summed E-state index contributed by atoms with van der Waals surface area (Å²) in [5.41, 5.74) is 0.0347. The summed E-state index contributed by atoms with van der Waals surface area (Å²) in [7, 11) is -0.576. The zero-order valence-corrected chi connectivity index (χ0v) is 17.1. The number of carbonyl (C=O) groups excluding carboxylic acids is 1. The Hall–Kier alpha value is -1.70. The molecular formula is C22H30NO2P. The van der Waals surface area contributed by atoms with Crippen LogP contribution in [0.15, 0.2) is 60.7 Å². The molecule has 4 heteroatoms. The molecule has 2 aromatic rings. The molecule has 0 aliphatic carbocycles. The van der Waals surface area contributed by atoms with Crippen molar-refractivity contribution in [2.24, 2.45) is 5.92 Å². The Morgan fingerprint density at radius 3 is 1.96 bits per heavy atom. The van der Waals surface area contributed by atoms with Gasteiger partial charge < -0.3 is 10.1 Å². The highest BCUT2D eigenvalue weighted by Crippen LogP contribution is 2.36. The van der Waals surface area contributed by atoms with Crippen molar-refractivity contribution in [1.29, 1.82) is 0 Å². The zero-order chi connectivity index (χ0) is 19.0. The number of rotatable bonds is 8. The van der Waals surface area contributed by atoms with Crippen LogP contribution in [0.3, 0.4) is 0 Å². The van der Waals surface area contributed by atoms with Crippen LogP contribution >= 0.6 is 7.92 Å². The van der Waals surface area contributed by atoms with Gasteiger partial charge in [-0.1, -0.05) is 67.6 Å². The van der Waals surface area contributed by atoms with Gasteiger partial charge in [0.15, 0.2) is 0 Å². The number of carbonyl (C=O) groups is 1. The first kappa shape index (κ1) is 20.6. The molecule has 3 nitrogen and oxygen atoms in total. The van der Waals surface area contributed by atoms with E-state index in [2.05, 4.69) is 74.6 Å². The van der Waals surface area contributed by atoms with Crippen molar-refractivity contribution in [3.05, 3.63) is 60.7 Å². The van der Waals surface area contributed by atoms with Crippen LogP contribution in [0.2, 0.25) is 0 Å². The standard InChI is InChI=1S/C22H30NO2P/c1-18(21(24)25-16-15-23-22(2,3)4)17-26(19-11-7-5-8-12-19)20-13-9-6-10-14-20/h5-14,18,23H,15-17H2,1-4H3. The van der Waals surface area contributed by atoms with Crippen molar-refractivity contribution in [1.82, 2.24) is 5.32 Å². The van der Waals surface area contributed by atoms with Crippen LogP contribution in [0.1, 0.15) is 27.7 Å². The van der Waals surface area contributed by atoms with Crippen molar-refractivity contribution in [2.45, 2.75) is 33.2 Å². The molecule has 1 N–H and O–H groups in total. The van der Waals surface area contributed by atoms with Gasteiger partial charge in [0.1, 0.15) is 6.61 Å². The van der Waals surface area contributed by atoms with Gasteiger partial charge in [-0.3, -0.25) is 4.79 Å². The summed E-state index contributed by atoms with van der Waals surface area (Å²) >= 11 is 0. The first-order valence-electron chi connectivity index (χ1n) is 9.16. The van der Waals surface area contributed by atoms with Crippen molar-refractivity contribution in [3.8, 4) is 0 Å². The smallest absolute Gasteiger partial charge is 0.309 e. The summed E-state index contributed by atoms with van der Waals surface area (Å²) < 4.78 is 5.48. The molecule has 2 aromatic carbocycles. The van der Waals surface area contributed by atoms with E-state index >= 15 is 0 Å². The van der Waals surface area contributed by atoms with Gasteiger partial charge in [-0.05, 0) is 45.5 Å². The lowest BCUT2D eigenvalue weighted by Crippen LogP contribution is -2.38. The van der Waals surface area contributed by atoms with Crippen LogP contribution in [-0.2, 0) is 9.53 Å². The molecule has 26 heavy (non-hydrogen) atoms. The van der Waals surface area contributed by atoms with E-state index in [1.54, 1.807) is 0 Å². The van der Waals surface area contributed by atoms with Crippen molar-refractivity contribution < 1.29 is 9.53 Å². The fourth-order valence-corrected chi connectivity index (χ4v) is 5.12. The highest BCUT2D eigenvalue weighted by molar-refractivity contribution is 7.73. The number of hydrogen-bond donors (Lipinski definition) is 1. The van der Waals surface area contributed by atoms with E-state index in [4.69, 9.17) is 4.74 Å². The highest BCUT2D eigenvalue weighted by Gasteiger charge is 2.22. The average Bonchev–Trinajstić information content (AvgIpc) is 2.63. The highest BCUT2D eigenvalue weighted by atomic mass is 31.1. The summed E-state index contributed by atoms with van der Waals surface area (Å²) in [6, 6.07) is 20.9. The maximum absolute atomic E-state index is 12.4. The molecule has 0 bridgehead atoms. The maximum Gasteiger partial charge on any atom is 0.309 e. The Bertz CT molecular complexity index is 628. The molecule has 0 radical (unpaired) electrons. The van der Waals surface area contributed by atoms with Crippen LogP contribution in [0.25, 0.3) is 0 Å². The molecule has 0 spiro atoms. The Balaban J connectivity index is 1.98. The fourth-order valence-electron chi connectivity index (χ4n) is 2.64. The lowest BCUT2D eigenvalue weighted by molar-refractivity contribution is -0.147. The van der Waals surface area contributed by atoms with E-state index in [-0.39, 0.29) is 17.4 Å². The fraction of sp³-hybridized carbons (Fsp3) is 0.409. The third kappa shape index (κ3) is 6.90. The number of esters is 1. The summed E-state index contributed by atoms with van der Waals surface area (Å²) in [6.45, 7) is 9.36. The van der Waals surface area contributed by atoms with Crippen LogP contribution < -0.4 is 15.9 Å². The summed E-state index contributed by atoms with van der Waals surface area (Å²) in [5, 5.41) is 5.92. The lowest BCUT2D eigenvalue weighted by atomic mass is 10.1. The molecule has 0 heterocycles. The Labute approximate surface area is 158 Å². The first-order chi connectivity index (χ1) is 12.4. The van der Waals surface area contributed by atoms with Crippen molar-refractivity contribution in [3.63, 3.8) is 0 Å². The molecule has 0 saturated heterocycles. The second kappa shape index (κ2) is 9.85. The van der Waals surface area contributed by atoms with Crippen LogP contribution in [0.4, 0.5) is 0 Å². The molecule has 0 aliphatic rings. The molecular weight excluding hydrogens is 341 g/mol. The topological polar surface area (TPSA) is 38.3 Å². The van der Waals surface area contributed by atoms with Crippen LogP contribution in [0, 0.1) is 5.92 Å². The van der Waals surface area contributed by atoms with Gasteiger partial charge >= 0.3 is 5.97 Å². The summed E-state index contributed by atoms with van der Waals surface area (Å²) in [6.07, 6.45) is 0.800. The number of nitrogens with one attached hydrogen (secondary N) is 1. The van der Waals surface area contributed by atoms with E-state index in [0.717, 1.165) is 6.16 Å². The van der Waals surface area contributed by atoms with E-state index in [1.165, 1.54) is 10.6 Å². The monoisotopic (exact) mass is 371 g/mol. The normalized spacial score (nSPS) is 12.8. The van der Waals surface area contributed by atoms with Gasteiger partial charge in [-0.2, -0.15) is 0 Å². The molecule has 1 atom stereocenters. The van der Waals surface area contributed by atoms with Gasteiger partial charge in [0, 0.05) is 12.1 Å². The van der Waals surface area contributed by atoms with Gasteiger partial charge in [-0.25, -0.2) is 0 Å². The quantitative estimate of drug-likeness (QED) is 0.437. The third-order valence-electron chi connectivity index (χ3n) is 4.00. The minimum Gasteiger partial charge on any atom is -0.464 e. The minimum atomic E-state index is -0.576. The molecule has 0 aliphatic heterocycles. The van der Waals surface area contributed by atoms with Gasteiger partial charge in [0.2, 0.25) is 0 Å². The largest absolute Gasteiger partial charge is 0.464 e.